The first-order valence-corrected chi connectivity index (χ1v) is 11.3. The van der Waals surface area contributed by atoms with Gasteiger partial charge in [0.2, 0.25) is 0 Å². The van der Waals surface area contributed by atoms with Crippen molar-refractivity contribution in [2.45, 2.75) is 32.2 Å². The summed E-state index contributed by atoms with van der Waals surface area (Å²) in [5.74, 6) is 0.657. The number of rotatable bonds is 5. The molecule has 1 atom stereocenters. The second-order valence-electron chi connectivity index (χ2n) is 8.48. The van der Waals surface area contributed by atoms with Crippen molar-refractivity contribution >= 4 is 17.4 Å². The van der Waals surface area contributed by atoms with Gasteiger partial charge in [-0.2, -0.15) is 0 Å². The van der Waals surface area contributed by atoms with E-state index >= 15 is 0 Å². The third-order valence-corrected chi connectivity index (χ3v) is 6.08. The summed E-state index contributed by atoms with van der Waals surface area (Å²) in [5, 5.41) is 6.52. The number of nitrogens with zero attached hydrogens (tertiary/aromatic N) is 2. The van der Waals surface area contributed by atoms with Crippen molar-refractivity contribution in [3.8, 4) is 11.3 Å². The van der Waals surface area contributed by atoms with Gasteiger partial charge in [-0.15, -0.1) is 0 Å². The van der Waals surface area contributed by atoms with Crippen molar-refractivity contribution in [1.29, 1.82) is 0 Å². The molecule has 164 valence electrons. The summed E-state index contributed by atoms with van der Waals surface area (Å²) in [6.45, 7) is 2.06. The van der Waals surface area contributed by atoms with Crippen molar-refractivity contribution < 1.29 is 4.79 Å². The molecule has 5 heteroatoms. The zero-order valence-electron chi connectivity index (χ0n) is 18.6. The fourth-order valence-electron chi connectivity index (χ4n) is 4.39. The molecule has 1 amide bonds. The quantitative estimate of drug-likeness (QED) is 0.404. The van der Waals surface area contributed by atoms with Crippen LogP contribution in [0.2, 0.25) is 0 Å². The second kappa shape index (κ2) is 9.25. The van der Waals surface area contributed by atoms with E-state index in [4.69, 9.17) is 0 Å². The largest absolute Gasteiger partial charge is 0.345 e. The molecule has 0 saturated heterocycles. The van der Waals surface area contributed by atoms with Crippen molar-refractivity contribution in [3.05, 3.63) is 107 Å². The Morgan fingerprint density at radius 1 is 0.939 bits per heavy atom. The van der Waals surface area contributed by atoms with Crippen LogP contribution in [0.1, 0.15) is 45.9 Å². The fraction of sp³-hybridized carbons (Fsp3) is 0.179. The SMILES string of the molecule is Cc1cccc(-c2cc(Nc3ccc(C(=O)N[C@H]4CCCc5ccccc54)cc3)ncn2)c1. The topological polar surface area (TPSA) is 66.9 Å². The Balaban J connectivity index is 1.27. The Morgan fingerprint density at radius 3 is 2.64 bits per heavy atom. The molecule has 1 aliphatic carbocycles. The molecule has 2 N–H and O–H groups in total. The number of nitrogens with one attached hydrogen (secondary N) is 2. The molecule has 3 aromatic carbocycles. The van der Waals surface area contributed by atoms with Crippen LogP contribution in [0.5, 0.6) is 0 Å². The van der Waals surface area contributed by atoms with Crippen molar-refractivity contribution in [3.63, 3.8) is 0 Å². The molecule has 0 unspecified atom stereocenters. The van der Waals surface area contributed by atoms with Gasteiger partial charge < -0.3 is 10.6 Å². The number of carbonyl (C=O) groups is 1. The van der Waals surface area contributed by atoms with Gasteiger partial charge in [0.25, 0.3) is 5.91 Å². The lowest BCUT2D eigenvalue weighted by atomic mass is 9.87. The molecule has 1 aromatic heterocycles. The van der Waals surface area contributed by atoms with Gasteiger partial charge in [0.05, 0.1) is 11.7 Å². The predicted octanol–water partition coefficient (Wildman–Crippen LogP) is 6.00. The third-order valence-electron chi connectivity index (χ3n) is 6.08. The van der Waals surface area contributed by atoms with Gasteiger partial charge in [-0.3, -0.25) is 4.79 Å². The minimum Gasteiger partial charge on any atom is -0.345 e. The van der Waals surface area contributed by atoms with E-state index in [9.17, 15) is 4.79 Å². The van der Waals surface area contributed by atoms with Gasteiger partial charge in [-0.05, 0) is 67.6 Å². The van der Waals surface area contributed by atoms with Gasteiger partial charge in [-0.25, -0.2) is 9.97 Å². The minimum absolute atomic E-state index is 0.0491. The molecular weight excluding hydrogens is 408 g/mol. The molecule has 0 saturated carbocycles. The molecule has 0 bridgehead atoms. The molecule has 1 aliphatic rings. The standard InChI is InChI=1S/C28H26N4O/c1-19-6-4-9-22(16-19)26-17-27(30-18-29-26)31-23-14-12-21(13-15-23)28(33)32-25-11-5-8-20-7-2-3-10-24(20)25/h2-4,6-7,9-10,12-18,25H,5,8,11H2,1H3,(H,32,33)(H,29,30,31)/t25-/m0/s1. The molecule has 0 radical (unpaired) electrons. The monoisotopic (exact) mass is 434 g/mol. The lowest BCUT2D eigenvalue weighted by Gasteiger charge is -2.26. The number of aryl methyl sites for hydroxylation is 2. The zero-order chi connectivity index (χ0) is 22.6. The Kier molecular flexibility index (Phi) is 5.85. The van der Waals surface area contributed by atoms with Crippen LogP contribution in [0.15, 0.2) is 85.2 Å². The number of carbonyl (C=O) groups excluding carboxylic acids is 1. The van der Waals surface area contributed by atoms with Crippen LogP contribution in [0.4, 0.5) is 11.5 Å². The summed E-state index contributed by atoms with van der Waals surface area (Å²) in [6.07, 6.45) is 4.70. The third kappa shape index (κ3) is 4.77. The molecule has 1 heterocycles. The summed E-state index contributed by atoms with van der Waals surface area (Å²) in [6, 6.07) is 26.1. The molecular formula is C28H26N4O. The number of benzene rings is 3. The zero-order valence-corrected chi connectivity index (χ0v) is 18.6. The summed E-state index contributed by atoms with van der Waals surface area (Å²) >= 11 is 0. The molecule has 5 rings (SSSR count). The number of fused-ring (bicyclic) bond motifs is 1. The highest BCUT2D eigenvalue weighted by molar-refractivity contribution is 5.95. The summed E-state index contributed by atoms with van der Waals surface area (Å²) in [4.78, 5) is 21.6. The van der Waals surface area contributed by atoms with Gasteiger partial charge in [0.15, 0.2) is 0 Å². The van der Waals surface area contributed by atoms with Crippen molar-refractivity contribution in [2.24, 2.45) is 0 Å². The fourth-order valence-corrected chi connectivity index (χ4v) is 4.39. The van der Waals surface area contributed by atoms with Crippen LogP contribution in [-0.2, 0) is 6.42 Å². The van der Waals surface area contributed by atoms with Crippen molar-refractivity contribution in [2.75, 3.05) is 5.32 Å². The average Bonchev–Trinajstić information content (AvgIpc) is 2.85. The first kappa shape index (κ1) is 20.9. The maximum Gasteiger partial charge on any atom is 0.251 e. The predicted molar refractivity (Wildman–Crippen MR) is 132 cm³/mol. The highest BCUT2D eigenvalue weighted by Crippen LogP contribution is 2.30. The normalized spacial score (nSPS) is 14.9. The van der Waals surface area contributed by atoms with Crippen LogP contribution in [0.25, 0.3) is 11.3 Å². The molecule has 0 aliphatic heterocycles. The van der Waals surface area contributed by atoms with Crippen LogP contribution in [-0.4, -0.2) is 15.9 Å². The minimum atomic E-state index is -0.0491. The summed E-state index contributed by atoms with van der Waals surface area (Å²) in [7, 11) is 0. The van der Waals surface area contributed by atoms with E-state index in [-0.39, 0.29) is 11.9 Å². The Morgan fingerprint density at radius 2 is 1.79 bits per heavy atom. The number of hydrogen-bond acceptors (Lipinski definition) is 4. The maximum atomic E-state index is 12.9. The summed E-state index contributed by atoms with van der Waals surface area (Å²) in [5.41, 5.74) is 7.19. The average molecular weight is 435 g/mol. The maximum absolute atomic E-state index is 12.9. The molecule has 33 heavy (non-hydrogen) atoms. The lowest BCUT2D eigenvalue weighted by molar-refractivity contribution is 0.0933. The second-order valence-corrected chi connectivity index (χ2v) is 8.48. The first-order chi connectivity index (χ1) is 16.2. The highest BCUT2D eigenvalue weighted by atomic mass is 16.1. The van der Waals surface area contributed by atoms with Crippen LogP contribution >= 0.6 is 0 Å². The van der Waals surface area contributed by atoms with E-state index in [1.165, 1.54) is 16.7 Å². The highest BCUT2D eigenvalue weighted by Gasteiger charge is 2.21. The van der Waals surface area contributed by atoms with E-state index < -0.39 is 0 Å². The van der Waals surface area contributed by atoms with Gasteiger partial charge in [0, 0.05) is 22.9 Å². The molecule has 5 nitrogen and oxygen atoms in total. The van der Waals surface area contributed by atoms with Gasteiger partial charge >= 0.3 is 0 Å². The van der Waals surface area contributed by atoms with Crippen LogP contribution in [0, 0.1) is 6.92 Å². The Labute approximate surface area is 193 Å². The smallest absolute Gasteiger partial charge is 0.251 e. The number of aromatic nitrogens is 2. The van der Waals surface area contributed by atoms with Gasteiger partial charge in [0.1, 0.15) is 12.1 Å². The molecule has 0 spiro atoms. The van der Waals surface area contributed by atoms with E-state index in [1.54, 1.807) is 6.33 Å². The number of anilines is 2. The Hall–Kier alpha value is -3.99. The lowest BCUT2D eigenvalue weighted by Crippen LogP contribution is -2.30. The van der Waals surface area contributed by atoms with E-state index in [2.05, 4.69) is 57.9 Å². The molecule has 0 fully saturated rings. The molecule has 4 aromatic rings. The van der Waals surface area contributed by atoms with Crippen molar-refractivity contribution in [1.82, 2.24) is 15.3 Å². The van der Waals surface area contributed by atoms with Gasteiger partial charge in [-0.1, -0.05) is 48.0 Å². The Bertz CT molecular complexity index is 1280. The van der Waals surface area contributed by atoms with E-state index in [0.29, 0.717) is 11.4 Å². The number of hydrogen-bond donors (Lipinski definition) is 2. The summed E-state index contributed by atoms with van der Waals surface area (Å²) < 4.78 is 0. The first-order valence-electron chi connectivity index (χ1n) is 11.3. The van der Waals surface area contributed by atoms with Crippen LogP contribution in [0.3, 0.4) is 0 Å². The van der Waals surface area contributed by atoms with E-state index in [0.717, 1.165) is 36.2 Å². The van der Waals surface area contributed by atoms with Crippen LogP contribution < -0.4 is 10.6 Å². The van der Waals surface area contributed by atoms with E-state index in [1.807, 2.05) is 48.5 Å². The number of amides is 1.